The highest BCUT2D eigenvalue weighted by Gasteiger charge is 2.26. The second-order valence-corrected chi connectivity index (χ2v) is 8.78. The van der Waals surface area contributed by atoms with E-state index in [0.29, 0.717) is 16.5 Å². The van der Waals surface area contributed by atoms with Crippen molar-refractivity contribution in [1.29, 1.82) is 0 Å². The monoisotopic (exact) mass is 431 g/mol. The quantitative estimate of drug-likeness (QED) is 0.516. The summed E-state index contributed by atoms with van der Waals surface area (Å²) in [6, 6.07) is 21.2. The summed E-state index contributed by atoms with van der Waals surface area (Å²) in [5.41, 5.74) is 1.74. The lowest BCUT2D eigenvalue weighted by atomic mass is 10.2. The smallest absolute Gasteiger partial charge is 0.243 e. The predicted octanol–water partition coefficient (Wildman–Crippen LogP) is 4.75. The molecule has 0 saturated carbocycles. The molecule has 0 aromatic heterocycles. The fourth-order valence-corrected chi connectivity index (χ4v) is 4.49. The number of rotatable bonds is 8. The average molecular weight is 432 g/mol. The minimum absolute atomic E-state index is 0.139. The van der Waals surface area contributed by atoms with Crippen LogP contribution in [-0.4, -0.2) is 26.9 Å². The van der Waals surface area contributed by atoms with Gasteiger partial charge in [0.25, 0.3) is 0 Å². The van der Waals surface area contributed by atoms with E-state index in [1.165, 1.54) is 30.7 Å². The van der Waals surface area contributed by atoms with Gasteiger partial charge in [-0.3, -0.25) is 0 Å². The van der Waals surface area contributed by atoms with Crippen molar-refractivity contribution in [3.05, 3.63) is 88.9 Å². The van der Waals surface area contributed by atoms with Crippen molar-refractivity contribution in [2.24, 2.45) is 0 Å². The van der Waals surface area contributed by atoms with Crippen molar-refractivity contribution in [3.8, 4) is 11.5 Å². The Kier molecular flexibility index (Phi) is 6.79. The molecule has 0 heterocycles. The maximum Gasteiger partial charge on any atom is 0.243 e. The van der Waals surface area contributed by atoms with Gasteiger partial charge in [0.2, 0.25) is 10.0 Å². The van der Waals surface area contributed by atoms with Gasteiger partial charge in [-0.1, -0.05) is 54.1 Å². The number of hydrogen-bond donors (Lipinski definition) is 0. The molecule has 0 radical (unpaired) electrons. The van der Waals surface area contributed by atoms with Gasteiger partial charge in [0.1, 0.15) is 0 Å². The van der Waals surface area contributed by atoms with E-state index >= 15 is 0 Å². The molecule has 0 bridgehead atoms. The molecule has 3 aromatic carbocycles. The van der Waals surface area contributed by atoms with Crippen LogP contribution >= 0.6 is 11.6 Å². The molecule has 7 heteroatoms. The molecule has 0 N–H and O–H groups in total. The summed E-state index contributed by atoms with van der Waals surface area (Å²) in [6.45, 7) is 0.447. The van der Waals surface area contributed by atoms with Crippen LogP contribution < -0.4 is 9.47 Å². The average Bonchev–Trinajstić information content (AvgIpc) is 2.75. The molecule has 0 aliphatic heterocycles. The number of sulfonamides is 1. The Hall–Kier alpha value is -2.54. The zero-order valence-corrected chi connectivity index (χ0v) is 17.8. The van der Waals surface area contributed by atoms with Crippen LogP contribution in [0.1, 0.15) is 11.1 Å². The number of methoxy groups -OCH3 is 2. The Balaban J connectivity index is 2.00. The molecule has 3 rings (SSSR count). The first kappa shape index (κ1) is 21.2. The minimum Gasteiger partial charge on any atom is -0.493 e. The van der Waals surface area contributed by atoms with E-state index in [1.807, 2.05) is 42.5 Å². The van der Waals surface area contributed by atoms with Crippen LogP contribution in [0, 0.1) is 0 Å². The molecule has 0 spiro atoms. The van der Waals surface area contributed by atoms with Crippen molar-refractivity contribution in [1.82, 2.24) is 4.31 Å². The van der Waals surface area contributed by atoms with E-state index in [2.05, 4.69) is 0 Å². The zero-order chi connectivity index (χ0) is 20.9. The molecule has 0 saturated heterocycles. The molecule has 152 valence electrons. The number of ether oxygens (including phenoxy) is 2. The largest absolute Gasteiger partial charge is 0.493 e. The van der Waals surface area contributed by atoms with Gasteiger partial charge in [-0.15, -0.1) is 0 Å². The lowest BCUT2D eigenvalue weighted by molar-refractivity contribution is 0.353. The lowest BCUT2D eigenvalue weighted by Gasteiger charge is -2.23. The topological polar surface area (TPSA) is 55.8 Å². The van der Waals surface area contributed by atoms with Crippen LogP contribution in [-0.2, 0) is 23.1 Å². The summed E-state index contributed by atoms with van der Waals surface area (Å²) in [5, 5.41) is 0.603. The summed E-state index contributed by atoms with van der Waals surface area (Å²) in [7, 11) is -0.816. The standard InChI is InChI=1S/C22H22ClNO4S/c1-27-21-13-12-20(14-22(21)28-2)29(25,26)24(15-17-6-4-3-5-7-17)16-18-8-10-19(23)11-9-18/h3-14H,15-16H2,1-2H3. The van der Waals surface area contributed by atoms with Crippen molar-refractivity contribution in [2.75, 3.05) is 14.2 Å². The molecule has 5 nitrogen and oxygen atoms in total. The molecule has 0 aliphatic rings. The summed E-state index contributed by atoms with van der Waals surface area (Å²) in [6.07, 6.45) is 0. The number of halogens is 1. The number of benzene rings is 3. The van der Waals surface area contributed by atoms with E-state index in [1.54, 1.807) is 18.2 Å². The summed E-state index contributed by atoms with van der Waals surface area (Å²) in [5.74, 6) is 0.832. The van der Waals surface area contributed by atoms with Gasteiger partial charge < -0.3 is 9.47 Å². The van der Waals surface area contributed by atoms with E-state index in [4.69, 9.17) is 21.1 Å². The Morgan fingerprint density at radius 2 is 1.38 bits per heavy atom. The van der Waals surface area contributed by atoms with E-state index in [-0.39, 0.29) is 18.0 Å². The highest BCUT2D eigenvalue weighted by atomic mass is 35.5. The molecular weight excluding hydrogens is 410 g/mol. The third-order valence-corrected chi connectivity index (χ3v) is 6.51. The molecule has 29 heavy (non-hydrogen) atoms. The SMILES string of the molecule is COc1ccc(S(=O)(=O)N(Cc2ccccc2)Cc2ccc(Cl)cc2)cc1OC. The lowest BCUT2D eigenvalue weighted by Crippen LogP contribution is -2.30. The van der Waals surface area contributed by atoms with Crippen LogP contribution in [0.3, 0.4) is 0 Å². The Morgan fingerprint density at radius 3 is 1.97 bits per heavy atom. The normalized spacial score (nSPS) is 11.4. The van der Waals surface area contributed by atoms with E-state index < -0.39 is 10.0 Å². The van der Waals surface area contributed by atoms with Gasteiger partial charge >= 0.3 is 0 Å². The maximum atomic E-state index is 13.5. The fourth-order valence-electron chi connectivity index (χ4n) is 2.93. The molecule has 0 atom stereocenters. The van der Waals surface area contributed by atoms with Crippen LogP contribution in [0.2, 0.25) is 5.02 Å². The summed E-state index contributed by atoms with van der Waals surface area (Å²) in [4.78, 5) is 0.139. The Morgan fingerprint density at radius 1 is 0.793 bits per heavy atom. The maximum absolute atomic E-state index is 13.5. The molecule has 0 aliphatic carbocycles. The molecule has 0 amide bonds. The van der Waals surface area contributed by atoms with Gasteiger partial charge in [0, 0.05) is 24.2 Å². The van der Waals surface area contributed by atoms with Crippen LogP contribution in [0.5, 0.6) is 11.5 Å². The van der Waals surface area contributed by atoms with E-state index in [9.17, 15) is 8.42 Å². The van der Waals surface area contributed by atoms with Gasteiger partial charge in [-0.2, -0.15) is 4.31 Å². The minimum atomic E-state index is -3.80. The van der Waals surface area contributed by atoms with Gasteiger partial charge in [-0.05, 0) is 35.4 Å². The highest BCUT2D eigenvalue weighted by Crippen LogP contribution is 2.31. The van der Waals surface area contributed by atoms with Crippen molar-refractivity contribution < 1.29 is 17.9 Å². The third-order valence-electron chi connectivity index (χ3n) is 4.47. The predicted molar refractivity (Wildman–Crippen MR) is 114 cm³/mol. The number of hydrogen-bond acceptors (Lipinski definition) is 4. The Bertz CT molecular complexity index is 1050. The first-order valence-electron chi connectivity index (χ1n) is 8.94. The van der Waals surface area contributed by atoms with Crippen LogP contribution in [0.4, 0.5) is 0 Å². The molecule has 0 fully saturated rings. The third kappa shape index (κ3) is 5.09. The molecule has 0 unspecified atom stereocenters. The van der Waals surface area contributed by atoms with Crippen molar-refractivity contribution >= 4 is 21.6 Å². The molecule has 3 aromatic rings. The zero-order valence-electron chi connectivity index (χ0n) is 16.2. The second kappa shape index (κ2) is 9.31. The van der Waals surface area contributed by atoms with Crippen molar-refractivity contribution in [2.45, 2.75) is 18.0 Å². The molecular formula is C22H22ClNO4S. The summed E-state index contributed by atoms with van der Waals surface area (Å²) >= 11 is 5.97. The highest BCUT2D eigenvalue weighted by molar-refractivity contribution is 7.89. The van der Waals surface area contributed by atoms with Gasteiger partial charge in [-0.25, -0.2) is 8.42 Å². The number of nitrogens with zero attached hydrogens (tertiary/aromatic N) is 1. The van der Waals surface area contributed by atoms with E-state index in [0.717, 1.165) is 11.1 Å². The fraction of sp³-hybridized carbons (Fsp3) is 0.182. The summed E-state index contributed by atoms with van der Waals surface area (Å²) < 4.78 is 38.9. The van der Waals surface area contributed by atoms with Crippen LogP contribution in [0.25, 0.3) is 0 Å². The second-order valence-electron chi connectivity index (χ2n) is 6.40. The van der Waals surface area contributed by atoms with Gasteiger partial charge in [0.05, 0.1) is 19.1 Å². The van der Waals surface area contributed by atoms with Crippen LogP contribution in [0.15, 0.2) is 77.7 Å². The van der Waals surface area contributed by atoms with Crippen molar-refractivity contribution in [3.63, 3.8) is 0 Å². The van der Waals surface area contributed by atoms with Gasteiger partial charge in [0.15, 0.2) is 11.5 Å². The first-order valence-corrected chi connectivity index (χ1v) is 10.8. The first-order chi connectivity index (χ1) is 13.9. The Labute approximate surface area is 176 Å².